The average Bonchev–Trinajstić information content (AvgIpc) is 1.94. The first-order valence-corrected chi connectivity index (χ1v) is 4.35. The van der Waals surface area contributed by atoms with Gasteiger partial charge in [-0.25, -0.2) is 0 Å². The Balaban J connectivity index is 0.000000261. The van der Waals surface area contributed by atoms with Crippen molar-refractivity contribution < 1.29 is 14.4 Å². The zero-order chi connectivity index (χ0) is 9.56. The Kier molecular flexibility index (Phi) is 5.12. The van der Waals surface area contributed by atoms with Crippen LogP contribution in [-0.2, 0) is 4.57 Å². The highest BCUT2D eigenvalue weighted by Gasteiger charge is 1.80. The van der Waals surface area contributed by atoms with Gasteiger partial charge in [-0.2, -0.15) is 0 Å². The third-order valence-corrected chi connectivity index (χ3v) is 0.936. The fourth-order valence-corrected chi connectivity index (χ4v) is 0.496. The van der Waals surface area contributed by atoms with E-state index < -0.39 is 8.25 Å². The normalized spacial score (nSPS) is 8.92. The highest BCUT2D eigenvalue weighted by Crippen LogP contribution is 2.04. The molecule has 0 aromatic heterocycles. The van der Waals surface area contributed by atoms with Crippen molar-refractivity contribution in [2.45, 2.75) is 0 Å². The Labute approximate surface area is 70.6 Å². The van der Waals surface area contributed by atoms with Gasteiger partial charge in [-0.05, 0) is 24.3 Å². The summed E-state index contributed by atoms with van der Waals surface area (Å²) < 4.78 is 8.74. The van der Waals surface area contributed by atoms with Crippen LogP contribution < -0.4 is 11.5 Å². The number of hydrogen-bond donors (Lipinski definition) is 4. The summed E-state index contributed by atoms with van der Waals surface area (Å²) in [6.07, 6.45) is 0. The Morgan fingerprint density at radius 3 is 1.33 bits per heavy atom. The van der Waals surface area contributed by atoms with E-state index >= 15 is 0 Å². The van der Waals surface area contributed by atoms with Gasteiger partial charge in [0.2, 0.25) is 0 Å². The maximum Gasteiger partial charge on any atom is 0.314 e. The lowest BCUT2D eigenvalue weighted by Crippen LogP contribution is -1.86. The lowest BCUT2D eigenvalue weighted by atomic mass is 10.3. The SMILES string of the molecule is Nc1ccc(N)cc1.O=[PH](O)O. The van der Waals surface area contributed by atoms with Gasteiger partial charge in [-0.3, -0.25) is 4.57 Å². The van der Waals surface area contributed by atoms with Gasteiger partial charge < -0.3 is 21.3 Å². The molecule has 0 aliphatic carbocycles. The van der Waals surface area contributed by atoms with Crippen LogP contribution in [0.4, 0.5) is 11.4 Å². The van der Waals surface area contributed by atoms with Crippen molar-refractivity contribution in [2.75, 3.05) is 11.5 Å². The van der Waals surface area contributed by atoms with Crippen LogP contribution in [0.5, 0.6) is 0 Å². The van der Waals surface area contributed by atoms with E-state index in [-0.39, 0.29) is 0 Å². The summed E-state index contributed by atoms with van der Waals surface area (Å²) in [5.74, 6) is 0. The van der Waals surface area contributed by atoms with Crippen molar-refractivity contribution in [1.29, 1.82) is 0 Å². The monoisotopic (exact) mass is 190 g/mol. The molecule has 0 amide bonds. The van der Waals surface area contributed by atoms with Crippen molar-refractivity contribution >= 4 is 19.6 Å². The Bertz CT molecular complexity index is 224. The molecular weight excluding hydrogens is 179 g/mol. The van der Waals surface area contributed by atoms with Crippen molar-refractivity contribution in [3.63, 3.8) is 0 Å². The molecule has 0 radical (unpaired) electrons. The largest absolute Gasteiger partial charge is 0.399 e. The molecule has 12 heavy (non-hydrogen) atoms. The molecule has 0 aliphatic heterocycles. The molecule has 6 N–H and O–H groups in total. The molecule has 0 atom stereocenters. The van der Waals surface area contributed by atoms with E-state index in [4.69, 9.17) is 25.8 Å². The number of hydrogen-bond acceptors (Lipinski definition) is 3. The molecule has 0 heterocycles. The average molecular weight is 190 g/mol. The van der Waals surface area contributed by atoms with Crippen LogP contribution >= 0.6 is 8.25 Å². The topological polar surface area (TPSA) is 110 Å². The first-order chi connectivity index (χ1) is 5.52. The van der Waals surface area contributed by atoms with Crippen LogP contribution in [0.15, 0.2) is 24.3 Å². The Hall–Kier alpha value is -1.03. The maximum absolute atomic E-state index is 8.74. The zero-order valence-corrected chi connectivity index (χ0v) is 7.27. The molecule has 0 saturated heterocycles. The van der Waals surface area contributed by atoms with Gasteiger partial charge in [-0.15, -0.1) is 0 Å². The molecular formula is C6H11N2O3P. The molecule has 0 bridgehead atoms. The van der Waals surface area contributed by atoms with Gasteiger partial charge in [0, 0.05) is 11.4 Å². The van der Waals surface area contributed by atoms with E-state index in [1.807, 2.05) is 0 Å². The molecule has 0 fully saturated rings. The van der Waals surface area contributed by atoms with Crippen molar-refractivity contribution in [3.05, 3.63) is 24.3 Å². The lowest BCUT2D eigenvalue weighted by Gasteiger charge is -1.90. The van der Waals surface area contributed by atoms with Crippen molar-refractivity contribution in [3.8, 4) is 0 Å². The second-order valence-corrected chi connectivity index (χ2v) is 2.51. The molecule has 0 aliphatic rings. The molecule has 6 heteroatoms. The summed E-state index contributed by atoms with van der Waals surface area (Å²) >= 11 is 0. The number of benzene rings is 1. The summed E-state index contributed by atoms with van der Waals surface area (Å²) in [7, 11) is -3.13. The third-order valence-electron chi connectivity index (χ3n) is 0.936. The van der Waals surface area contributed by atoms with Gasteiger partial charge in [0.15, 0.2) is 0 Å². The highest BCUT2D eigenvalue weighted by atomic mass is 31.1. The third kappa shape index (κ3) is 7.08. The summed E-state index contributed by atoms with van der Waals surface area (Å²) in [6, 6.07) is 7.09. The fourth-order valence-electron chi connectivity index (χ4n) is 0.496. The molecule has 0 spiro atoms. The van der Waals surface area contributed by atoms with Crippen LogP contribution in [0.2, 0.25) is 0 Å². The van der Waals surface area contributed by atoms with Crippen molar-refractivity contribution in [1.82, 2.24) is 0 Å². The minimum absolute atomic E-state index is 0.749. The molecule has 0 saturated carbocycles. The van der Waals surface area contributed by atoms with Gasteiger partial charge in [-0.1, -0.05) is 0 Å². The Morgan fingerprint density at radius 2 is 1.17 bits per heavy atom. The van der Waals surface area contributed by atoms with Gasteiger partial charge in [0.1, 0.15) is 0 Å². The number of nitrogen functional groups attached to an aromatic ring is 2. The molecule has 1 aromatic rings. The predicted octanol–water partition coefficient (Wildman–Crippen LogP) is 0.212. The maximum atomic E-state index is 8.74. The molecule has 1 aromatic carbocycles. The fraction of sp³-hybridized carbons (Fsp3) is 0. The summed E-state index contributed by atoms with van der Waals surface area (Å²) in [4.78, 5) is 14.3. The first-order valence-electron chi connectivity index (χ1n) is 3.05. The van der Waals surface area contributed by atoms with Gasteiger partial charge in [0.05, 0.1) is 0 Å². The van der Waals surface area contributed by atoms with Gasteiger partial charge >= 0.3 is 8.25 Å². The van der Waals surface area contributed by atoms with Crippen LogP contribution in [0.25, 0.3) is 0 Å². The second-order valence-electron chi connectivity index (χ2n) is 1.95. The zero-order valence-electron chi connectivity index (χ0n) is 6.27. The van der Waals surface area contributed by atoms with Crippen molar-refractivity contribution in [2.24, 2.45) is 0 Å². The summed E-state index contributed by atoms with van der Waals surface area (Å²) in [6.45, 7) is 0. The Morgan fingerprint density at radius 1 is 1.00 bits per heavy atom. The van der Waals surface area contributed by atoms with Crippen LogP contribution in [0.1, 0.15) is 0 Å². The smallest absolute Gasteiger partial charge is 0.314 e. The quantitative estimate of drug-likeness (QED) is 0.345. The number of nitrogens with two attached hydrogens (primary N) is 2. The van der Waals surface area contributed by atoms with E-state index in [1.165, 1.54) is 0 Å². The molecule has 0 unspecified atom stereocenters. The molecule has 1 rings (SSSR count). The standard InChI is InChI=1S/C6H8N2.H3O3P/c7-5-1-2-6(8)4-3-5;1-4(2)3/h1-4H,7-8H2;4H,(H2,1,2,3). The van der Waals surface area contributed by atoms with E-state index in [9.17, 15) is 0 Å². The minimum atomic E-state index is -3.13. The first kappa shape index (κ1) is 11.0. The summed E-state index contributed by atoms with van der Waals surface area (Å²) in [5, 5.41) is 0. The van der Waals surface area contributed by atoms with Crippen LogP contribution in [0.3, 0.4) is 0 Å². The van der Waals surface area contributed by atoms with E-state index in [0.29, 0.717) is 0 Å². The van der Waals surface area contributed by atoms with E-state index in [1.54, 1.807) is 24.3 Å². The summed E-state index contributed by atoms with van der Waals surface area (Å²) in [5.41, 5.74) is 12.2. The van der Waals surface area contributed by atoms with E-state index in [2.05, 4.69) is 0 Å². The van der Waals surface area contributed by atoms with Crippen LogP contribution in [-0.4, -0.2) is 9.79 Å². The van der Waals surface area contributed by atoms with E-state index in [0.717, 1.165) is 11.4 Å². The number of anilines is 2. The second kappa shape index (κ2) is 5.60. The molecule has 68 valence electrons. The van der Waals surface area contributed by atoms with Crippen LogP contribution in [0, 0.1) is 0 Å². The predicted molar refractivity (Wildman–Crippen MR) is 48.7 cm³/mol. The van der Waals surface area contributed by atoms with Gasteiger partial charge in [0.25, 0.3) is 0 Å². The molecule has 5 nitrogen and oxygen atoms in total. The highest BCUT2D eigenvalue weighted by molar-refractivity contribution is 7.30. The lowest BCUT2D eigenvalue weighted by molar-refractivity contribution is 0.405. The number of rotatable bonds is 0. The minimum Gasteiger partial charge on any atom is -0.399 e.